The summed E-state index contributed by atoms with van der Waals surface area (Å²) in [5.74, 6) is -0.150. The topological polar surface area (TPSA) is 53.7 Å². The van der Waals surface area contributed by atoms with Gasteiger partial charge in [-0.1, -0.05) is 11.6 Å². The molecule has 0 amide bonds. The normalized spacial score (nSPS) is 10.4. The summed E-state index contributed by atoms with van der Waals surface area (Å²) >= 11 is 6.15. The van der Waals surface area contributed by atoms with Crippen LogP contribution in [0.25, 0.3) is 0 Å². The Morgan fingerprint density at radius 1 is 1.42 bits per heavy atom. The summed E-state index contributed by atoms with van der Waals surface area (Å²) in [5.41, 5.74) is 0.980. The van der Waals surface area contributed by atoms with Crippen LogP contribution >= 0.6 is 11.6 Å². The smallest absolute Gasteiger partial charge is 0.335 e. The van der Waals surface area contributed by atoms with Crippen molar-refractivity contribution in [3.8, 4) is 0 Å². The molecule has 0 unspecified atom stereocenters. The molecule has 1 heterocycles. The molecule has 0 aliphatic heterocycles. The summed E-state index contributed by atoms with van der Waals surface area (Å²) in [7, 11) is 0. The van der Waals surface area contributed by atoms with Gasteiger partial charge in [0, 0.05) is 6.54 Å². The number of carbonyl (C=O) groups is 1. The van der Waals surface area contributed by atoms with Crippen LogP contribution in [-0.2, 0) is 6.54 Å². The Morgan fingerprint density at radius 3 is 2.74 bits per heavy atom. The maximum Gasteiger partial charge on any atom is 0.335 e. The molecular formula is C14H14ClNO3. The van der Waals surface area contributed by atoms with Crippen LogP contribution in [0.5, 0.6) is 0 Å². The molecule has 1 N–H and O–H groups in total. The maximum absolute atomic E-state index is 10.9. The fourth-order valence-corrected chi connectivity index (χ4v) is 2.15. The fraction of sp³-hybridized carbons (Fsp3) is 0.214. The number of carboxylic acid groups (broad SMARTS) is 1. The van der Waals surface area contributed by atoms with Crippen LogP contribution in [0, 0.1) is 0 Å². The number of furan rings is 1. The van der Waals surface area contributed by atoms with Gasteiger partial charge in [0.2, 0.25) is 0 Å². The molecule has 1 aromatic heterocycles. The van der Waals surface area contributed by atoms with Gasteiger partial charge in [-0.3, -0.25) is 0 Å². The van der Waals surface area contributed by atoms with Crippen LogP contribution in [0.3, 0.4) is 0 Å². The van der Waals surface area contributed by atoms with Crippen molar-refractivity contribution in [2.24, 2.45) is 0 Å². The minimum Gasteiger partial charge on any atom is -0.478 e. The highest BCUT2D eigenvalue weighted by molar-refractivity contribution is 6.33. The van der Waals surface area contributed by atoms with Gasteiger partial charge in [0.15, 0.2) is 0 Å². The van der Waals surface area contributed by atoms with Crippen LogP contribution in [0.1, 0.15) is 23.0 Å². The van der Waals surface area contributed by atoms with E-state index in [0.717, 1.165) is 18.0 Å². The molecule has 0 spiro atoms. The number of hydrogen-bond donors (Lipinski definition) is 1. The molecule has 0 aliphatic carbocycles. The van der Waals surface area contributed by atoms with Crippen LogP contribution in [0.15, 0.2) is 41.0 Å². The minimum atomic E-state index is -0.984. The Hall–Kier alpha value is -1.94. The summed E-state index contributed by atoms with van der Waals surface area (Å²) in [6.45, 7) is 3.34. The SMILES string of the molecule is CCN(Cc1ccco1)c1ccc(C(=O)O)cc1Cl. The lowest BCUT2D eigenvalue weighted by atomic mass is 10.2. The molecule has 19 heavy (non-hydrogen) atoms. The van der Waals surface area contributed by atoms with E-state index in [4.69, 9.17) is 21.1 Å². The molecule has 2 rings (SSSR count). The molecular weight excluding hydrogens is 266 g/mol. The number of hydrogen-bond acceptors (Lipinski definition) is 3. The van der Waals surface area contributed by atoms with Crippen LogP contribution in [-0.4, -0.2) is 17.6 Å². The molecule has 100 valence electrons. The lowest BCUT2D eigenvalue weighted by Crippen LogP contribution is -2.22. The second-order valence-corrected chi connectivity index (χ2v) is 4.47. The summed E-state index contributed by atoms with van der Waals surface area (Å²) in [4.78, 5) is 12.9. The molecule has 2 aromatic rings. The highest BCUT2D eigenvalue weighted by atomic mass is 35.5. The first-order chi connectivity index (χ1) is 9.11. The van der Waals surface area contributed by atoms with Gasteiger partial charge in [-0.05, 0) is 37.3 Å². The second-order valence-electron chi connectivity index (χ2n) is 4.06. The number of rotatable bonds is 5. The van der Waals surface area contributed by atoms with Crippen molar-refractivity contribution < 1.29 is 14.3 Å². The molecule has 0 radical (unpaired) electrons. The van der Waals surface area contributed by atoms with E-state index in [1.165, 1.54) is 6.07 Å². The van der Waals surface area contributed by atoms with Crippen molar-refractivity contribution >= 4 is 23.3 Å². The quantitative estimate of drug-likeness (QED) is 0.907. The van der Waals surface area contributed by atoms with E-state index in [1.54, 1.807) is 18.4 Å². The molecule has 0 saturated carbocycles. The average molecular weight is 280 g/mol. The Kier molecular flexibility index (Phi) is 4.12. The number of halogens is 1. The minimum absolute atomic E-state index is 0.183. The van der Waals surface area contributed by atoms with Crippen molar-refractivity contribution in [2.75, 3.05) is 11.4 Å². The van der Waals surface area contributed by atoms with Crippen molar-refractivity contribution in [1.29, 1.82) is 0 Å². The molecule has 5 heteroatoms. The summed E-state index contributed by atoms with van der Waals surface area (Å²) in [6.07, 6.45) is 1.62. The molecule has 0 atom stereocenters. The largest absolute Gasteiger partial charge is 0.478 e. The van der Waals surface area contributed by atoms with E-state index in [2.05, 4.69) is 0 Å². The van der Waals surface area contributed by atoms with Gasteiger partial charge < -0.3 is 14.4 Å². The molecule has 0 fully saturated rings. The fourth-order valence-electron chi connectivity index (χ4n) is 1.85. The van der Waals surface area contributed by atoms with Crippen molar-refractivity contribution in [1.82, 2.24) is 0 Å². The van der Waals surface area contributed by atoms with Gasteiger partial charge in [-0.15, -0.1) is 0 Å². The van der Waals surface area contributed by atoms with Gasteiger partial charge in [-0.25, -0.2) is 4.79 Å². The van der Waals surface area contributed by atoms with E-state index in [-0.39, 0.29) is 5.56 Å². The van der Waals surface area contributed by atoms with Gasteiger partial charge in [0.05, 0.1) is 29.1 Å². The molecule has 0 bridgehead atoms. The highest BCUT2D eigenvalue weighted by Gasteiger charge is 2.13. The van der Waals surface area contributed by atoms with Gasteiger partial charge in [0.25, 0.3) is 0 Å². The maximum atomic E-state index is 10.9. The van der Waals surface area contributed by atoms with E-state index >= 15 is 0 Å². The predicted octanol–water partition coefficient (Wildman–Crippen LogP) is 3.66. The second kappa shape index (κ2) is 5.80. The third-order valence-corrected chi connectivity index (χ3v) is 3.15. The van der Waals surface area contributed by atoms with Crippen LogP contribution < -0.4 is 4.90 Å². The van der Waals surface area contributed by atoms with E-state index < -0.39 is 5.97 Å². The standard InChI is InChI=1S/C14H14ClNO3/c1-2-16(9-11-4-3-7-19-11)13-6-5-10(14(17)18)8-12(13)15/h3-8H,2,9H2,1H3,(H,17,18). The Labute approximate surface area is 116 Å². The van der Waals surface area contributed by atoms with Crippen molar-refractivity contribution in [3.05, 3.63) is 52.9 Å². The number of benzene rings is 1. The number of anilines is 1. The zero-order chi connectivity index (χ0) is 13.8. The lowest BCUT2D eigenvalue weighted by Gasteiger charge is -2.23. The summed E-state index contributed by atoms with van der Waals surface area (Å²) in [5, 5.41) is 9.34. The van der Waals surface area contributed by atoms with Crippen molar-refractivity contribution in [3.63, 3.8) is 0 Å². The first-order valence-corrected chi connectivity index (χ1v) is 6.29. The zero-order valence-electron chi connectivity index (χ0n) is 10.5. The summed E-state index contributed by atoms with van der Waals surface area (Å²) in [6, 6.07) is 8.46. The Morgan fingerprint density at radius 2 is 2.21 bits per heavy atom. The molecule has 0 aliphatic rings. The molecule has 1 aromatic carbocycles. The van der Waals surface area contributed by atoms with E-state index in [0.29, 0.717) is 11.6 Å². The van der Waals surface area contributed by atoms with Gasteiger partial charge in [0.1, 0.15) is 5.76 Å². The number of carboxylic acids is 1. The Bertz CT molecular complexity index is 566. The zero-order valence-corrected chi connectivity index (χ0v) is 11.2. The van der Waals surface area contributed by atoms with E-state index in [9.17, 15) is 4.79 Å². The third kappa shape index (κ3) is 3.09. The van der Waals surface area contributed by atoms with Crippen LogP contribution in [0.4, 0.5) is 5.69 Å². The highest BCUT2D eigenvalue weighted by Crippen LogP contribution is 2.28. The lowest BCUT2D eigenvalue weighted by molar-refractivity contribution is 0.0697. The van der Waals surface area contributed by atoms with Gasteiger partial charge >= 0.3 is 5.97 Å². The number of nitrogens with zero attached hydrogens (tertiary/aromatic N) is 1. The van der Waals surface area contributed by atoms with Crippen molar-refractivity contribution in [2.45, 2.75) is 13.5 Å². The van der Waals surface area contributed by atoms with Gasteiger partial charge in [-0.2, -0.15) is 0 Å². The third-order valence-electron chi connectivity index (χ3n) is 2.84. The first kappa shape index (κ1) is 13.5. The average Bonchev–Trinajstić information content (AvgIpc) is 2.89. The Balaban J connectivity index is 2.25. The molecule has 4 nitrogen and oxygen atoms in total. The van der Waals surface area contributed by atoms with E-state index in [1.807, 2.05) is 24.0 Å². The van der Waals surface area contributed by atoms with Crippen LogP contribution in [0.2, 0.25) is 5.02 Å². The first-order valence-electron chi connectivity index (χ1n) is 5.92. The summed E-state index contributed by atoms with van der Waals surface area (Å²) < 4.78 is 5.31. The monoisotopic (exact) mass is 279 g/mol. The molecule has 0 saturated heterocycles. The number of aromatic carboxylic acids is 1. The predicted molar refractivity (Wildman–Crippen MR) is 73.8 cm³/mol.